The Morgan fingerprint density at radius 3 is 2.68 bits per heavy atom. The molecule has 0 aliphatic carbocycles. The molecule has 0 bridgehead atoms. The van der Waals surface area contributed by atoms with E-state index in [0.29, 0.717) is 19.6 Å². The van der Waals surface area contributed by atoms with E-state index in [2.05, 4.69) is 27.6 Å². The van der Waals surface area contributed by atoms with Gasteiger partial charge in [0.15, 0.2) is 5.96 Å². The van der Waals surface area contributed by atoms with Crippen molar-refractivity contribution in [1.82, 2.24) is 19.8 Å². The van der Waals surface area contributed by atoms with E-state index in [4.69, 9.17) is 4.74 Å². The van der Waals surface area contributed by atoms with Gasteiger partial charge in [-0.05, 0) is 26.8 Å². The lowest BCUT2D eigenvalue weighted by Gasteiger charge is -2.18. The summed E-state index contributed by atoms with van der Waals surface area (Å²) in [5.41, 5.74) is 0. The minimum Gasteiger partial charge on any atom is -0.385 e. The van der Waals surface area contributed by atoms with Gasteiger partial charge in [0.25, 0.3) is 0 Å². The average molecular weight is 491 g/mol. The van der Waals surface area contributed by atoms with E-state index in [1.807, 2.05) is 6.92 Å². The van der Waals surface area contributed by atoms with E-state index in [9.17, 15) is 8.42 Å². The van der Waals surface area contributed by atoms with Crippen LogP contribution in [-0.2, 0) is 14.8 Å². The number of likely N-dealkylation sites (N-methyl/N-ethyl adjacent to an activating group) is 1. The summed E-state index contributed by atoms with van der Waals surface area (Å²) in [6, 6.07) is 0. The molecule has 0 aromatic heterocycles. The van der Waals surface area contributed by atoms with Crippen molar-refractivity contribution >= 4 is 40.0 Å². The van der Waals surface area contributed by atoms with Crippen LogP contribution < -0.4 is 10.6 Å². The molecule has 150 valence electrons. The molecule has 1 saturated heterocycles. The molecule has 0 radical (unpaired) electrons. The van der Waals surface area contributed by atoms with E-state index in [1.165, 1.54) is 4.31 Å². The van der Waals surface area contributed by atoms with Crippen LogP contribution in [0, 0.1) is 0 Å². The van der Waals surface area contributed by atoms with Gasteiger partial charge in [-0.1, -0.05) is 0 Å². The molecule has 0 spiro atoms. The number of methoxy groups -OCH3 is 1. The van der Waals surface area contributed by atoms with Crippen LogP contribution in [0.2, 0.25) is 0 Å². The molecule has 1 aliphatic heterocycles. The second-order valence-electron chi connectivity index (χ2n) is 5.91. The van der Waals surface area contributed by atoms with Gasteiger partial charge in [-0.2, -0.15) is 0 Å². The molecule has 2 N–H and O–H groups in total. The number of ether oxygens (including phenoxy) is 1. The van der Waals surface area contributed by atoms with E-state index in [1.54, 1.807) is 7.11 Å². The van der Waals surface area contributed by atoms with Crippen LogP contribution in [0.25, 0.3) is 0 Å². The predicted molar refractivity (Wildman–Crippen MR) is 113 cm³/mol. The van der Waals surface area contributed by atoms with Crippen LogP contribution in [0.4, 0.5) is 0 Å². The standard InChI is InChI=1S/C15H33N5O3S.HI/c1-4-16-15(17-7-11-19(2)9-5-13-23-3)18-8-12-20-10-6-14-24(20,21)22;/h4-14H2,1-3H3,(H2,16,17,18);1H. The molecule has 0 atom stereocenters. The topological polar surface area (TPSA) is 86.3 Å². The Morgan fingerprint density at radius 1 is 1.32 bits per heavy atom. The van der Waals surface area contributed by atoms with Gasteiger partial charge < -0.3 is 20.3 Å². The highest BCUT2D eigenvalue weighted by molar-refractivity contribution is 14.0. The molecule has 0 amide bonds. The highest BCUT2D eigenvalue weighted by atomic mass is 127. The molecule has 0 saturated carbocycles. The summed E-state index contributed by atoms with van der Waals surface area (Å²) < 4.78 is 30.1. The zero-order valence-corrected chi connectivity index (χ0v) is 18.8. The van der Waals surface area contributed by atoms with Gasteiger partial charge in [0.1, 0.15) is 0 Å². The van der Waals surface area contributed by atoms with Gasteiger partial charge in [-0.3, -0.25) is 4.99 Å². The SMILES string of the molecule is CCNC(=NCCN1CCCS1(=O)=O)NCCN(C)CCCOC.I. The Bertz CT molecular complexity index is 476. The highest BCUT2D eigenvalue weighted by Crippen LogP contribution is 2.12. The molecule has 10 heteroatoms. The number of sulfonamides is 1. The fraction of sp³-hybridized carbons (Fsp3) is 0.933. The van der Waals surface area contributed by atoms with Crippen molar-refractivity contribution in [2.75, 3.05) is 72.3 Å². The summed E-state index contributed by atoms with van der Waals surface area (Å²) in [5.74, 6) is 1.00. The fourth-order valence-corrected chi connectivity index (χ4v) is 4.03. The van der Waals surface area contributed by atoms with Crippen LogP contribution in [0.15, 0.2) is 4.99 Å². The molecular weight excluding hydrogens is 457 g/mol. The number of guanidine groups is 1. The highest BCUT2D eigenvalue weighted by Gasteiger charge is 2.27. The largest absolute Gasteiger partial charge is 0.385 e. The van der Waals surface area contributed by atoms with Gasteiger partial charge in [-0.15, -0.1) is 24.0 Å². The normalized spacial score (nSPS) is 17.5. The lowest BCUT2D eigenvalue weighted by Crippen LogP contribution is -2.41. The molecule has 1 fully saturated rings. The third-order valence-electron chi connectivity index (χ3n) is 3.84. The molecule has 0 unspecified atom stereocenters. The van der Waals surface area contributed by atoms with Crippen molar-refractivity contribution in [3.8, 4) is 0 Å². The Hall–Kier alpha value is -0.170. The molecule has 1 heterocycles. The molecule has 8 nitrogen and oxygen atoms in total. The fourth-order valence-electron chi connectivity index (χ4n) is 2.51. The van der Waals surface area contributed by atoms with Crippen LogP contribution in [0.5, 0.6) is 0 Å². The van der Waals surface area contributed by atoms with Crippen molar-refractivity contribution in [2.45, 2.75) is 19.8 Å². The molecule has 1 rings (SSSR count). The van der Waals surface area contributed by atoms with Gasteiger partial charge in [0.2, 0.25) is 10.0 Å². The number of hydrogen-bond acceptors (Lipinski definition) is 5. The first-order valence-corrected chi connectivity index (χ1v) is 10.3. The van der Waals surface area contributed by atoms with E-state index in [0.717, 1.165) is 51.6 Å². The molecule has 25 heavy (non-hydrogen) atoms. The van der Waals surface area contributed by atoms with Gasteiger partial charge in [0.05, 0.1) is 12.3 Å². The van der Waals surface area contributed by atoms with Crippen LogP contribution in [0.3, 0.4) is 0 Å². The van der Waals surface area contributed by atoms with E-state index in [-0.39, 0.29) is 29.7 Å². The van der Waals surface area contributed by atoms with Gasteiger partial charge >= 0.3 is 0 Å². The number of hydrogen-bond donors (Lipinski definition) is 2. The van der Waals surface area contributed by atoms with E-state index < -0.39 is 10.0 Å². The van der Waals surface area contributed by atoms with Crippen LogP contribution in [0.1, 0.15) is 19.8 Å². The third kappa shape index (κ3) is 10.5. The Balaban J connectivity index is 0.00000576. The second kappa shape index (κ2) is 14.0. The van der Waals surface area contributed by atoms with Gasteiger partial charge in [-0.25, -0.2) is 12.7 Å². The Labute approximate surface area is 169 Å². The lowest BCUT2D eigenvalue weighted by molar-refractivity contribution is 0.180. The van der Waals surface area contributed by atoms with Gasteiger partial charge in [0, 0.05) is 53.0 Å². The number of aliphatic imine (C=N–C) groups is 1. The number of nitrogens with zero attached hydrogens (tertiary/aromatic N) is 3. The average Bonchev–Trinajstić information content (AvgIpc) is 2.86. The molecule has 0 aromatic carbocycles. The van der Waals surface area contributed by atoms with E-state index >= 15 is 0 Å². The van der Waals surface area contributed by atoms with Crippen molar-refractivity contribution in [1.29, 1.82) is 0 Å². The minimum absolute atomic E-state index is 0. The number of halogens is 1. The van der Waals surface area contributed by atoms with Crippen molar-refractivity contribution in [2.24, 2.45) is 4.99 Å². The van der Waals surface area contributed by atoms with Crippen LogP contribution >= 0.6 is 24.0 Å². The first kappa shape index (κ1) is 24.8. The number of rotatable bonds is 11. The smallest absolute Gasteiger partial charge is 0.214 e. The minimum atomic E-state index is -3.03. The molecule has 0 aromatic rings. The molecule has 1 aliphatic rings. The molecular formula is C15H34IN5O3S. The quantitative estimate of drug-likeness (QED) is 0.186. The van der Waals surface area contributed by atoms with Crippen LogP contribution in [-0.4, -0.2) is 95.9 Å². The lowest BCUT2D eigenvalue weighted by atomic mass is 10.4. The Morgan fingerprint density at radius 2 is 2.08 bits per heavy atom. The predicted octanol–water partition coefficient (Wildman–Crippen LogP) is 0.163. The maximum atomic E-state index is 11.8. The van der Waals surface area contributed by atoms with Crippen molar-refractivity contribution < 1.29 is 13.2 Å². The number of nitrogens with one attached hydrogen (secondary N) is 2. The zero-order chi connectivity index (χ0) is 17.8. The zero-order valence-electron chi connectivity index (χ0n) is 15.7. The first-order chi connectivity index (χ1) is 11.5. The summed E-state index contributed by atoms with van der Waals surface area (Å²) in [6.07, 6.45) is 1.74. The monoisotopic (exact) mass is 491 g/mol. The summed E-state index contributed by atoms with van der Waals surface area (Å²) in [7, 11) is 0.769. The summed E-state index contributed by atoms with van der Waals surface area (Å²) >= 11 is 0. The van der Waals surface area contributed by atoms with Crippen molar-refractivity contribution in [3.63, 3.8) is 0 Å². The maximum absolute atomic E-state index is 11.8. The third-order valence-corrected chi connectivity index (χ3v) is 5.80. The second-order valence-corrected chi connectivity index (χ2v) is 7.99. The summed E-state index contributed by atoms with van der Waals surface area (Å²) in [4.78, 5) is 6.71. The summed E-state index contributed by atoms with van der Waals surface area (Å²) in [5, 5.41) is 6.47. The first-order valence-electron chi connectivity index (χ1n) is 8.67. The van der Waals surface area contributed by atoms with Crippen molar-refractivity contribution in [3.05, 3.63) is 0 Å². The summed E-state index contributed by atoms with van der Waals surface area (Å²) in [6.45, 7) is 7.81. The Kier molecular flexibility index (Phi) is 13.9. The maximum Gasteiger partial charge on any atom is 0.214 e.